The molecule has 1 rings (SSSR count). The van der Waals surface area contributed by atoms with Gasteiger partial charge in [-0.15, -0.1) is 0 Å². The lowest BCUT2D eigenvalue weighted by atomic mass is 10.2. The van der Waals surface area contributed by atoms with E-state index in [4.69, 9.17) is 40.5 Å². The van der Waals surface area contributed by atoms with Gasteiger partial charge in [-0.2, -0.15) is 0 Å². The lowest BCUT2D eigenvalue weighted by Crippen LogP contribution is -1.85. The van der Waals surface area contributed by atoms with Crippen LogP contribution in [0.5, 0.6) is 11.5 Å². The van der Waals surface area contributed by atoms with Crippen molar-refractivity contribution in [1.82, 2.24) is 0 Å². The van der Waals surface area contributed by atoms with Crippen LogP contribution in [0.3, 0.4) is 0 Å². The Balaban J connectivity index is 3.59. The second-order valence-corrected chi connectivity index (χ2v) is 3.55. The second kappa shape index (κ2) is 4.17. The van der Waals surface area contributed by atoms with Crippen LogP contribution in [0.2, 0.25) is 15.1 Å². The van der Waals surface area contributed by atoms with Crippen molar-refractivity contribution >= 4 is 40.9 Å². The Labute approximate surface area is 95.3 Å². The highest BCUT2D eigenvalue weighted by Crippen LogP contribution is 2.46. The average molecular weight is 254 g/mol. The van der Waals surface area contributed by atoms with Gasteiger partial charge in [0, 0.05) is 5.56 Å². The van der Waals surface area contributed by atoms with Crippen molar-refractivity contribution < 1.29 is 10.2 Å². The summed E-state index contributed by atoms with van der Waals surface area (Å²) in [5.41, 5.74) is 5.25. The van der Waals surface area contributed by atoms with E-state index in [1.165, 1.54) is 6.08 Å². The molecule has 0 aromatic heterocycles. The molecule has 76 valence electrons. The molecule has 0 radical (unpaired) electrons. The second-order valence-electron chi connectivity index (χ2n) is 2.41. The quantitative estimate of drug-likeness (QED) is 0.533. The molecule has 4 N–H and O–H groups in total. The lowest BCUT2D eigenvalue weighted by Gasteiger charge is -2.08. The van der Waals surface area contributed by atoms with E-state index < -0.39 is 0 Å². The van der Waals surface area contributed by atoms with Gasteiger partial charge in [0.1, 0.15) is 15.8 Å². The van der Waals surface area contributed by atoms with Crippen LogP contribution in [-0.4, -0.2) is 10.2 Å². The number of hydrogen-bond acceptors (Lipinski definition) is 3. The van der Waals surface area contributed by atoms with Gasteiger partial charge in [-0.25, -0.2) is 0 Å². The maximum atomic E-state index is 9.50. The molecule has 0 aliphatic rings. The van der Waals surface area contributed by atoms with Gasteiger partial charge in [0.05, 0.1) is 5.02 Å². The zero-order chi connectivity index (χ0) is 10.9. The predicted molar refractivity (Wildman–Crippen MR) is 58.0 cm³/mol. The smallest absolute Gasteiger partial charge is 0.155 e. The molecule has 0 fully saturated rings. The van der Waals surface area contributed by atoms with Crippen molar-refractivity contribution in [2.75, 3.05) is 0 Å². The summed E-state index contributed by atoms with van der Waals surface area (Å²) in [4.78, 5) is 0. The summed E-state index contributed by atoms with van der Waals surface area (Å²) in [6.45, 7) is 0. The number of benzene rings is 1. The van der Waals surface area contributed by atoms with Gasteiger partial charge in [-0.3, -0.25) is 0 Å². The van der Waals surface area contributed by atoms with Crippen molar-refractivity contribution in [3.63, 3.8) is 0 Å². The number of hydrogen-bond donors (Lipinski definition) is 3. The van der Waals surface area contributed by atoms with Crippen LogP contribution < -0.4 is 5.73 Å². The van der Waals surface area contributed by atoms with Crippen LogP contribution in [0.1, 0.15) is 5.56 Å². The average Bonchev–Trinajstić information content (AvgIpc) is 2.19. The Morgan fingerprint density at radius 2 is 1.43 bits per heavy atom. The summed E-state index contributed by atoms with van der Waals surface area (Å²) in [6, 6.07) is 0. The Morgan fingerprint density at radius 3 is 1.93 bits per heavy atom. The SMILES string of the molecule is NC=Cc1c(O)c(Cl)c(Cl)c(O)c1Cl. The molecular formula is C8H6Cl3NO2. The third-order valence-corrected chi connectivity index (χ3v) is 2.79. The summed E-state index contributed by atoms with van der Waals surface area (Å²) < 4.78 is 0. The van der Waals surface area contributed by atoms with Crippen LogP contribution in [0.15, 0.2) is 6.20 Å². The third kappa shape index (κ3) is 1.71. The Hall–Kier alpha value is -0.770. The molecule has 0 unspecified atom stereocenters. The highest BCUT2D eigenvalue weighted by Gasteiger charge is 2.18. The molecule has 14 heavy (non-hydrogen) atoms. The van der Waals surface area contributed by atoms with Crippen LogP contribution in [0.25, 0.3) is 6.08 Å². The van der Waals surface area contributed by atoms with E-state index in [-0.39, 0.29) is 32.1 Å². The van der Waals surface area contributed by atoms with Crippen molar-refractivity contribution in [3.8, 4) is 11.5 Å². The summed E-state index contributed by atoms with van der Waals surface area (Å²) in [6.07, 6.45) is 2.46. The van der Waals surface area contributed by atoms with E-state index in [9.17, 15) is 10.2 Å². The molecule has 1 aromatic carbocycles. The monoisotopic (exact) mass is 253 g/mol. The van der Waals surface area contributed by atoms with E-state index in [1.54, 1.807) is 0 Å². The van der Waals surface area contributed by atoms with Crippen molar-refractivity contribution in [2.45, 2.75) is 0 Å². The van der Waals surface area contributed by atoms with E-state index in [0.717, 1.165) is 6.20 Å². The van der Waals surface area contributed by atoms with Gasteiger partial charge in [-0.1, -0.05) is 34.8 Å². The molecule has 3 nitrogen and oxygen atoms in total. The first-order valence-corrected chi connectivity index (χ1v) is 4.60. The maximum absolute atomic E-state index is 9.50. The molecule has 1 aromatic rings. The standard InChI is InChI=1S/C8H6Cl3NO2/c9-4-3(1-2-12)7(13)5(10)6(11)8(4)14/h1-2,13-14H,12H2. The Kier molecular flexibility index (Phi) is 3.37. The summed E-state index contributed by atoms with van der Waals surface area (Å²) >= 11 is 16.9. The van der Waals surface area contributed by atoms with E-state index in [1.807, 2.05) is 0 Å². The van der Waals surface area contributed by atoms with E-state index >= 15 is 0 Å². The molecule has 6 heteroatoms. The fourth-order valence-electron chi connectivity index (χ4n) is 0.902. The van der Waals surface area contributed by atoms with E-state index in [0.29, 0.717) is 0 Å². The van der Waals surface area contributed by atoms with Gasteiger partial charge in [0.2, 0.25) is 0 Å². The highest BCUT2D eigenvalue weighted by atomic mass is 35.5. The molecule has 0 aliphatic carbocycles. The number of halogens is 3. The first-order valence-electron chi connectivity index (χ1n) is 3.47. The van der Waals surface area contributed by atoms with Crippen molar-refractivity contribution in [3.05, 3.63) is 26.8 Å². The maximum Gasteiger partial charge on any atom is 0.155 e. The highest BCUT2D eigenvalue weighted by molar-refractivity contribution is 6.46. The zero-order valence-corrected chi connectivity index (χ0v) is 9.03. The summed E-state index contributed by atoms with van der Waals surface area (Å²) in [5, 5.41) is 18.4. The molecule has 0 amide bonds. The fourth-order valence-corrected chi connectivity index (χ4v) is 1.57. The van der Waals surface area contributed by atoms with Crippen molar-refractivity contribution in [2.24, 2.45) is 5.73 Å². The minimum atomic E-state index is -0.385. The minimum Gasteiger partial charge on any atom is -0.506 e. The minimum absolute atomic E-state index is 0.0985. The first kappa shape index (κ1) is 11.3. The lowest BCUT2D eigenvalue weighted by molar-refractivity contribution is 0.460. The molecule has 0 aliphatic heterocycles. The van der Waals surface area contributed by atoms with Gasteiger partial charge in [0.15, 0.2) is 5.75 Å². The normalized spacial score (nSPS) is 11.1. The zero-order valence-electron chi connectivity index (χ0n) is 6.76. The number of phenolic OH excluding ortho intramolecular Hbond substituents is 2. The molecule has 0 saturated carbocycles. The molecule has 0 bridgehead atoms. The molecule has 0 heterocycles. The van der Waals surface area contributed by atoms with Crippen LogP contribution >= 0.6 is 34.8 Å². The number of rotatable bonds is 1. The molecule has 0 atom stereocenters. The summed E-state index contributed by atoms with van der Waals surface area (Å²) in [5.74, 6) is -0.703. The third-order valence-electron chi connectivity index (χ3n) is 1.57. The number of phenols is 2. The Morgan fingerprint density at radius 1 is 0.929 bits per heavy atom. The van der Waals surface area contributed by atoms with Gasteiger partial charge < -0.3 is 15.9 Å². The summed E-state index contributed by atoms with van der Waals surface area (Å²) in [7, 11) is 0. The first-order chi connectivity index (χ1) is 6.50. The van der Waals surface area contributed by atoms with Gasteiger partial charge in [0.25, 0.3) is 0 Å². The van der Waals surface area contributed by atoms with Crippen LogP contribution in [0, 0.1) is 0 Å². The van der Waals surface area contributed by atoms with Crippen molar-refractivity contribution in [1.29, 1.82) is 0 Å². The Bertz CT molecular complexity index is 375. The largest absolute Gasteiger partial charge is 0.506 e. The van der Waals surface area contributed by atoms with Gasteiger partial charge >= 0.3 is 0 Å². The predicted octanol–water partition coefficient (Wildman–Crippen LogP) is 2.99. The van der Waals surface area contributed by atoms with Crippen LogP contribution in [-0.2, 0) is 0 Å². The van der Waals surface area contributed by atoms with Gasteiger partial charge in [-0.05, 0) is 12.3 Å². The molecule has 0 saturated heterocycles. The number of nitrogens with two attached hydrogens (primary N) is 1. The molecular weight excluding hydrogens is 248 g/mol. The molecule has 0 spiro atoms. The fraction of sp³-hybridized carbons (Fsp3) is 0. The topological polar surface area (TPSA) is 66.5 Å². The number of aromatic hydroxyl groups is 2. The van der Waals surface area contributed by atoms with Crippen LogP contribution in [0.4, 0.5) is 0 Å². The van der Waals surface area contributed by atoms with E-state index in [2.05, 4.69) is 0 Å².